The van der Waals surface area contributed by atoms with Crippen molar-refractivity contribution in [1.82, 2.24) is 10.2 Å². The van der Waals surface area contributed by atoms with Crippen LogP contribution in [-0.2, 0) is 16.4 Å². The molecular formula is C18H28N2O2S. The molecule has 0 unspecified atom stereocenters. The summed E-state index contributed by atoms with van der Waals surface area (Å²) in [7, 11) is -2.92. The zero-order chi connectivity index (χ0) is 16.4. The summed E-state index contributed by atoms with van der Waals surface area (Å²) in [6.45, 7) is 7.05. The average Bonchev–Trinajstić information content (AvgIpc) is 2.82. The maximum atomic E-state index is 12.2. The molecule has 4 nitrogen and oxygen atoms in total. The number of nitrogens with zero attached hydrogens (tertiary/aromatic N) is 1. The number of likely N-dealkylation sites (tertiary alicyclic amines) is 1. The maximum Gasteiger partial charge on any atom is 0.153 e. The summed E-state index contributed by atoms with van der Waals surface area (Å²) < 4.78 is 24.3. The Kier molecular flexibility index (Phi) is 5.09. The molecule has 2 heterocycles. The van der Waals surface area contributed by atoms with Gasteiger partial charge in [-0.25, -0.2) is 8.42 Å². The highest BCUT2D eigenvalue weighted by Crippen LogP contribution is 2.23. The Morgan fingerprint density at radius 2 is 1.87 bits per heavy atom. The van der Waals surface area contributed by atoms with Crippen LogP contribution in [0.2, 0.25) is 0 Å². The molecule has 0 aliphatic carbocycles. The second-order valence-electron chi connectivity index (χ2n) is 7.16. The number of rotatable bonds is 4. The van der Waals surface area contributed by atoms with Crippen LogP contribution in [0.4, 0.5) is 0 Å². The Hall–Kier alpha value is -0.910. The number of benzene rings is 1. The van der Waals surface area contributed by atoms with Crippen molar-refractivity contribution in [2.24, 2.45) is 0 Å². The molecule has 2 fully saturated rings. The van der Waals surface area contributed by atoms with E-state index in [2.05, 4.69) is 42.3 Å². The molecule has 3 rings (SSSR count). The van der Waals surface area contributed by atoms with Gasteiger partial charge in [0.1, 0.15) is 0 Å². The van der Waals surface area contributed by atoms with Gasteiger partial charge in [-0.15, -0.1) is 0 Å². The second-order valence-corrected chi connectivity index (χ2v) is 9.31. The van der Waals surface area contributed by atoms with Gasteiger partial charge < -0.3 is 5.32 Å². The molecule has 2 aliphatic rings. The van der Waals surface area contributed by atoms with Crippen LogP contribution in [0.25, 0.3) is 0 Å². The van der Waals surface area contributed by atoms with E-state index in [0.29, 0.717) is 5.75 Å². The molecule has 1 N–H and O–H groups in total. The fourth-order valence-electron chi connectivity index (χ4n) is 3.92. The fourth-order valence-corrected chi connectivity index (χ4v) is 5.91. The van der Waals surface area contributed by atoms with E-state index in [9.17, 15) is 8.42 Å². The lowest BCUT2D eigenvalue weighted by molar-refractivity contribution is 0.155. The third kappa shape index (κ3) is 4.14. The zero-order valence-corrected chi connectivity index (χ0v) is 15.0. The van der Waals surface area contributed by atoms with Crippen molar-refractivity contribution in [1.29, 1.82) is 0 Å². The largest absolute Gasteiger partial charge is 0.307 e. The molecule has 1 aromatic carbocycles. The van der Waals surface area contributed by atoms with Gasteiger partial charge in [-0.2, -0.15) is 0 Å². The van der Waals surface area contributed by atoms with Gasteiger partial charge in [-0.3, -0.25) is 4.90 Å². The Balaban J connectivity index is 1.68. The second kappa shape index (κ2) is 6.91. The molecule has 0 saturated carbocycles. The number of sulfone groups is 1. The summed E-state index contributed by atoms with van der Waals surface area (Å²) in [5.41, 5.74) is 3.80. The van der Waals surface area contributed by atoms with Crippen LogP contribution in [0.5, 0.6) is 0 Å². The number of hydrogen-bond donors (Lipinski definition) is 1. The van der Waals surface area contributed by atoms with Crippen molar-refractivity contribution < 1.29 is 8.42 Å². The minimum absolute atomic E-state index is 0.0544. The number of aryl methyl sites for hydroxylation is 2. The molecular weight excluding hydrogens is 308 g/mol. The summed E-state index contributed by atoms with van der Waals surface area (Å²) in [5, 5.41) is 3.54. The average molecular weight is 337 g/mol. The van der Waals surface area contributed by atoms with Gasteiger partial charge in [-0.1, -0.05) is 30.2 Å². The number of piperidine rings is 1. The first-order chi connectivity index (χ1) is 10.9. The van der Waals surface area contributed by atoms with Gasteiger partial charge in [0, 0.05) is 18.6 Å². The maximum absolute atomic E-state index is 12.2. The van der Waals surface area contributed by atoms with Gasteiger partial charge in [0.2, 0.25) is 0 Å². The van der Waals surface area contributed by atoms with E-state index in [4.69, 9.17) is 0 Å². The first-order valence-corrected chi connectivity index (χ1v) is 10.5. The predicted molar refractivity (Wildman–Crippen MR) is 94.4 cm³/mol. The fraction of sp³-hybridized carbons (Fsp3) is 0.667. The van der Waals surface area contributed by atoms with Crippen LogP contribution in [0.3, 0.4) is 0 Å². The minimum atomic E-state index is -2.92. The van der Waals surface area contributed by atoms with Crippen molar-refractivity contribution in [2.75, 3.05) is 24.6 Å². The van der Waals surface area contributed by atoms with Gasteiger partial charge in [0.25, 0.3) is 0 Å². The molecule has 128 valence electrons. The molecule has 2 aliphatic heterocycles. The van der Waals surface area contributed by atoms with Gasteiger partial charge >= 0.3 is 0 Å². The van der Waals surface area contributed by atoms with Crippen LogP contribution >= 0.6 is 0 Å². The first kappa shape index (κ1) is 16.9. The standard InChI is InChI=1S/C18H28N2O2S/c1-14-6-7-16(15(2)10-14)11-19-17-12-23(21,22)13-18(17)20-8-4-3-5-9-20/h6-7,10,17-19H,3-5,8-9,11-13H2,1-2H3/t17-,18-/m0/s1. The molecule has 5 heteroatoms. The lowest BCUT2D eigenvalue weighted by Crippen LogP contribution is -2.50. The van der Waals surface area contributed by atoms with Crippen molar-refractivity contribution in [3.63, 3.8) is 0 Å². The highest BCUT2D eigenvalue weighted by atomic mass is 32.2. The van der Waals surface area contributed by atoms with Crippen LogP contribution in [0.15, 0.2) is 18.2 Å². The van der Waals surface area contributed by atoms with Crippen molar-refractivity contribution in [3.8, 4) is 0 Å². The van der Waals surface area contributed by atoms with Crippen LogP contribution in [-0.4, -0.2) is 50.0 Å². The van der Waals surface area contributed by atoms with Gasteiger partial charge in [-0.05, 0) is 50.9 Å². The zero-order valence-electron chi connectivity index (χ0n) is 14.2. The Morgan fingerprint density at radius 1 is 1.13 bits per heavy atom. The number of hydrogen-bond acceptors (Lipinski definition) is 4. The van der Waals surface area contributed by atoms with Gasteiger partial charge in [0.05, 0.1) is 11.5 Å². The topological polar surface area (TPSA) is 49.4 Å². The molecule has 0 radical (unpaired) electrons. The van der Waals surface area contributed by atoms with Crippen LogP contribution < -0.4 is 5.32 Å². The molecule has 0 aromatic heterocycles. The first-order valence-electron chi connectivity index (χ1n) is 8.68. The Bertz CT molecular complexity index is 651. The Labute approximate surface area is 140 Å². The van der Waals surface area contributed by atoms with Crippen LogP contribution in [0, 0.1) is 13.8 Å². The summed E-state index contributed by atoms with van der Waals surface area (Å²) >= 11 is 0. The molecule has 2 saturated heterocycles. The lowest BCUT2D eigenvalue weighted by Gasteiger charge is -2.35. The summed E-state index contributed by atoms with van der Waals surface area (Å²) in [4.78, 5) is 2.40. The molecule has 2 atom stereocenters. The molecule has 1 aromatic rings. The lowest BCUT2D eigenvalue weighted by atomic mass is 10.0. The SMILES string of the molecule is Cc1ccc(CN[C@H]2CS(=O)(=O)C[C@@H]2N2CCCCC2)c(C)c1. The molecule has 0 spiro atoms. The minimum Gasteiger partial charge on any atom is -0.307 e. The van der Waals surface area contributed by atoms with E-state index in [1.54, 1.807) is 0 Å². The third-order valence-electron chi connectivity index (χ3n) is 5.24. The van der Waals surface area contributed by atoms with E-state index in [0.717, 1.165) is 19.6 Å². The molecule has 0 amide bonds. The van der Waals surface area contributed by atoms with Crippen molar-refractivity contribution >= 4 is 9.84 Å². The van der Waals surface area contributed by atoms with Crippen molar-refractivity contribution in [2.45, 2.75) is 51.7 Å². The van der Waals surface area contributed by atoms with E-state index in [1.807, 2.05) is 0 Å². The van der Waals surface area contributed by atoms with E-state index >= 15 is 0 Å². The monoisotopic (exact) mass is 336 g/mol. The summed E-state index contributed by atoms with van der Waals surface area (Å²) in [5.74, 6) is 0.594. The molecule has 0 bridgehead atoms. The quantitative estimate of drug-likeness (QED) is 0.914. The van der Waals surface area contributed by atoms with E-state index in [1.165, 1.54) is 36.0 Å². The molecule has 23 heavy (non-hydrogen) atoms. The Morgan fingerprint density at radius 3 is 2.57 bits per heavy atom. The van der Waals surface area contributed by atoms with Crippen LogP contribution in [0.1, 0.15) is 36.0 Å². The third-order valence-corrected chi connectivity index (χ3v) is 6.95. The summed E-state index contributed by atoms with van der Waals surface area (Å²) in [6.07, 6.45) is 3.66. The van der Waals surface area contributed by atoms with Gasteiger partial charge in [0.15, 0.2) is 9.84 Å². The van der Waals surface area contributed by atoms with E-state index < -0.39 is 9.84 Å². The highest BCUT2D eigenvalue weighted by molar-refractivity contribution is 7.91. The highest BCUT2D eigenvalue weighted by Gasteiger charge is 2.40. The normalized spacial score (nSPS) is 28.1. The predicted octanol–water partition coefficient (Wildman–Crippen LogP) is 2.04. The summed E-state index contributed by atoms with van der Waals surface area (Å²) in [6, 6.07) is 6.66. The smallest absolute Gasteiger partial charge is 0.153 e. The number of nitrogens with one attached hydrogen (secondary N) is 1. The van der Waals surface area contributed by atoms with Crippen molar-refractivity contribution in [3.05, 3.63) is 34.9 Å². The van der Waals surface area contributed by atoms with E-state index in [-0.39, 0.29) is 17.8 Å².